The van der Waals surface area contributed by atoms with Crippen LogP contribution >= 0.6 is 45.2 Å². The number of alkyl halides is 2. The average Bonchev–Trinajstić information content (AvgIpc) is 2.67. The van der Waals surface area contributed by atoms with Crippen LogP contribution in [0.25, 0.3) is 0 Å². The van der Waals surface area contributed by atoms with Gasteiger partial charge in [0.05, 0.1) is 18.3 Å². The van der Waals surface area contributed by atoms with Crippen molar-refractivity contribution < 1.29 is 45.9 Å². The van der Waals surface area contributed by atoms with Crippen LogP contribution in [-0.4, -0.2) is 41.9 Å². The second-order valence-corrected chi connectivity index (χ2v) is 9.62. The number of hydrogen-bond acceptors (Lipinski definition) is 7. The molecule has 0 atom stereocenters. The van der Waals surface area contributed by atoms with Crippen LogP contribution in [0.2, 0.25) is 0 Å². The summed E-state index contributed by atoms with van der Waals surface area (Å²) in [6.45, 7) is -1.93. The Kier molecular flexibility index (Phi) is 7.97. The number of phenols is 1. The highest BCUT2D eigenvalue weighted by molar-refractivity contribution is 14.1. The molecular formula is C17H12F2I2O8S. The molecule has 0 unspecified atom stereocenters. The van der Waals surface area contributed by atoms with E-state index in [0.717, 1.165) is 12.1 Å². The smallest absolute Gasteiger partial charge is 0.402 e. The molecule has 0 bridgehead atoms. The Balaban J connectivity index is 1.98. The van der Waals surface area contributed by atoms with Gasteiger partial charge in [-0.15, -0.1) is 0 Å². The molecule has 0 aliphatic heterocycles. The van der Waals surface area contributed by atoms with Crippen LogP contribution in [0.5, 0.6) is 5.75 Å². The van der Waals surface area contributed by atoms with Crippen molar-refractivity contribution >= 4 is 67.2 Å². The van der Waals surface area contributed by atoms with Crippen molar-refractivity contribution in [3.8, 4) is 5.75 Å². The fourth-order valence-electron chi connectivity index (χ4n) is 1.98. The van der Waals surface area contributed by atoms with E-state index in [9.17, 15) is 31.9 Å². The molecule has 0 radical (unpaired) electrons. The number of esters is 2. The monoisotopic (exact) mass is 668 g/mol. The van der Waals surface area contributed by atoms with Gasteiger partial charge in [0.1, 0.15) is 12.4 Å². The van der Waals surface area contributed by atoms with Crippen LogP contribution < -0.4 is 0 Å². The zero-order valence-corrected chi connectivity index (χ0v) is 19.8. The van der Waals surface area contributed by atoms with Crippen LogP contribution in [-0.2, 0) is 26.2 Å². The van der Waals surface area contributed by atoms with Crippen LogP contribution in [0, 0.1) is 7.14 Å². The van der Waals surface area contributed by atoms with Crippen molar-refractivity contribution in [2.45, 2.75) is 11.9 Å². The number of aromatic hydroxyl groups is 1. The van der Waals surface area contributed by atoms with E-state index in [-0.39, 0.29) is 23.5 Å². The van der Waals surface area contributed by atoms with Gasteiger partial charge in [0.2, 0.25) is 0 Å². The Bertz CT molecular complexity index is 1050. The molecule has 0 amide bonds. The van der Waals surface area contributed by atoms with Crippen molar-refractivity contribution in [2.24, 2.45) is 0 Å². The summed E-state index contributed by atoms with van der Waals surface area (Å²) in [7, 11) is -5.72. The number of benzene rings is 2. The van der Waals surface area contributed by atoms with Gasteiger partial charge in [-0.25, -0.2) is 9.59 Å². The minimum absolute atomic E-state index is 0.0676. The number of ether oxygens (including phenoxy) is 2. The van der Waals surface area contributed by atoms with E-state index in [4.69, 9.17) is 9.29 Å². The number of carbonyl (C=O) groups excluding carboxylic acids is 2. The highest BCUT2D eigenvalue weighted by atomic mass is 127. The summed E-state index contributed by atoms with van der Waals surface area (Å²) >= 11 is 3.87. The maximum Gasteiger partial charge on any atom is 0.402 e. The normalized spacial score (nSPS) is 11.8. The molecule has 30 heavy (non-hydrogen) atoms. The molecule has 0 saturated heterocycles. The van der Waals surface area contributed by atoms with Gasteiger partial charge < -0.3 is 14.6 Å². The Morgan fingerprint density at radius 3 is 1.83 bits per heavy atom. The first-order valence-electron chi connectivity index (χ1n) is 7.78. The molecule has 2 N–H and O–H groups in total. The summed E-state index contributed by atoms with van der Waals surface area (Å²) in [6.07, 6.45) is 0. The van der Waals surface area contributed by atoms with Crippen LogP contribution in [0.15, 0.2) is 36.4 Å². The molecule has 0 spiro atoms. The number of rotatable bonds is 7. The van der Waals surface area contributed by atoms with Crippen molar-refractivity contribution in [3.05, 3.63) is 60.2 Å². The molecule has 0 heterocycles. The zero-order chi connectivity index (χ0) is 22.7. The zero-order valence-electron chi connectivity index (χ0n) is 14.6. The lowest BCUT2D eigenvalue weighted by Gasteiger charge is -2.13. The van der Waals surface area contributed by atoms with Gasteiger partial charge >= 0.3 is 27.3 Å². The minimum atomic E-state index is -5.72. The molecule has 0 aliphatic rings. The predicted octanol–water partition coefficient (Wildman–Crippen LogP) is 3.60. The molecule has 2 rings (SSSR count). The summed E-state index contributed by atoms with van der Waals surface area (Å²) in [5.74, 6) is -1.86. The third-order valence-corrected chi connectivity index (χ3v) is 6.07. The Labute approximate surface area is 196 Å². The van der Waals surface area contributed by atoms with Crippen LogP contribution in [0.4, 0.5) is 8.78 Å². The van der Waals surface area contributed by atoms with Gasteiger partial charge in [-0.1, -0.05) is 0 Å². The second kappa shape index (κ2) is 9.69. The summed E-state index contributed by atoms with van der Waals surface area (Å²) in [6, 6.07) is 7.90. The van der Waals surface area contributed by atoms with Gasteiger partial charge in [0, 0.05) is 0 Å². The molecule has 0 fully saturated rings. The minimum Gasteiger partial charge on any atom is -0.506 e. The van der Waals surface area contributed by atoms with Gasteiger partial charge in [-0.3, -0.25) is 4.55 Å². The van der Waals surface area contributed by atoms with Crippen molar-refractivity contribution in [3.63, 3.8) is 0 Å². The lowest BCUT2D eigenvalue weighted by Crippen LogP contribution is -2.34. The van der Waals surface area contributed by atoms with Crippen LogP contribution in [0.1, 0.15) is 26.3 Å². The molecule has 2 aromatic rings. The van der Waals surface area contributed by atoms with Gasteiger partial charge in [0.15, 0.2) is 6.61 Å². The van der Waals surface area contributed by atoms with E-state index >= 15 is 0 Å². The lowest BCUT2D eigenvalue weighted by atomic mass is 10.1. The topological polar surface area (TPSA) is 127 Å². The Morgan fingerprint density at radius 2 is 1.40 bits per heavy atom. The molecule has 0 saturated carbocycles. The lowest BCUT2D eigenvalue weighted by molar-refractivity contribution is -0.00951. The van der Waals surface area contributed by atoms with E-state index in [2.05, 4.69) is 4.74 Å². The van der Waals surface area contributed by atoms with Crippen molar-refractivity contribution in [1.82, 2.24) is 0 Å². The van der Waals surface area contributed by atoms with Gasteiger partial charge in [0.25, 0.3) is 0 Å². The van der Waals surface area contributed by atoms with Gasteiger partial charge in [-0.2, -0.15) is 17.2 Å². The molecule has 8 nitrogen and oxygen atoms in total. The summed E-state index contributed by atoms with van der Waals surface area (Å²) in [4.78, 5) is 23.8. The van der Waals surface area contributed by atoms with Crippen LogP contribution in [0.3, 0.4) is 0 Å². The fraction of sp³-hybridized carbons (Fsp3) is 0.176. The maximum atomic E-state index is 13.1. The summed E-state index contributed by atoms with van der Waals surface area (Å²) < 4.78 is 66.0. The van der Waals surface area contributed by atoms with Crippen molar-refractivity contribution in [1.29, 1.82) is 0 Å². The second-order valence-electron chi connectivity index (χ2n) is 5.75. The summed E-state index contributed by atoms with van der Waals surface area (Å²) in [5, 5.41) is 5.09. The third kappa shape index (κ3) is 6.21. The highest BCUT2D eigenvalue weighted by Gasteiger charge is 2.45. The first-order valence-corrected chi connectivity index (χ1v) is 11.4. The molecule has 0 aliphatic carbocycles. The fourth-order valence-corrected chi connectivity index (χ4v) is 4.09. The van der Waals surface area contributed by atoms with E-state index < -0.39 is 33.9 Å². The Morgan fingerprint density at radius 1 is 0.967 bits per heavy atom. The highest BCUT2D eigenvalue weighted by Crippen LogP contribution is 2.27. The molecular weight excluding hydrogens is 656 g/mol. The molecule has 13 heteroatoms. The Hall–Kier alpha value is -1.59. The van der Waals surface area contributed by atoms with E-state index in [1.807, 2.05) is 45.2 Å². The largest absolute Gasteiger partial charge is 0.506 e. The SMILES string of the molecule is O=C(OCc1cc(I)c(O)c(I)c1)c1ccc(C(=O)OCC(F)(F)S(=O)(=O)O)cc1. The predicted molar refractivity (Wildman–Crippen MR) is 116 cm³/mol. The number of phenolic OH excluding ortho intramolecular Hbond substituents is 1. The molecule has 2 aromatic carbocycles. The first-order chi connectivity index (χ1) is 13.8. The molecule has 162 valence electrons. The van der Waals surface area contributed by atoms with E-state index in [1.54, 1.807) is 12.1 Å². The van der Waals surface area contributed by atoms with E-state index in [0.29, 0.717) is 12.7 Å². The first kappa shape index (κ1) is 24.7. The van der Waals surface area contributed by atoms with E-state index in [1.165, 1.54) is 12.1 Å². The quantitative estimate of drug-likeness (QED) is 0.261. The number of hydrogen-bond donors (Lipinski definition) is 2. The number of halogens is 4. The average molecular weight is 668 g/mol. The van der Waals surface area contributed by atoms with Crippen molar-refractivity contribution in [2.75, 3.05) is 6.61 Å². The number of carbonyl (C=O) groups is 2. The molecule has 0 aromatic heterocycles. The standard InChI is InChI=1S/C17H12F2I2O8S/c18-17(19,30(25,26)27)8-29-16(24)11-3-1-10(2-4-11)15(23)28-7-9-5-12(20)14(22)13(21)6-9/h1-6,22H,7-8H2,(H,25,26,27). The maximum absolute atomic E-state index is 13.1. The third-order valence-electron chi connectivity index (χ3n) is 3.55. The summed E-state index contributed by atoms with van der Waals surface area (Å²) in [5.41, 5.74) is 0.494. The van der Waals surface area contributed by atoms with Gasteiger partial charge in [-0.05, 0) is 87.1 Å².